The maximum Gasteiger partial charge on any atom is 0.165 e. The molecule has 3 heterocycles. The third-order valence-corrected chi connectivity index (χ3v) is 11.8. The van der Waals surface area contributed by atoms with Crippen molar-refractivity contribution in [2.45, 2.75) is 0 Å². The number of furan rings is 1. The van der Waals surface area contributed by atoms with Crippen LogP contribution in [0, 0.1) is 0 Å². The lowest BCUT2D eigenvalue weighted by Crippen LogP contribution is -2.01. The Kier molecular flexibility index (Phi) is 7.64. The van der Waals surface area contributed by atoms with Gasteiger partial charge in [-0.05, 0) is 69.8 Å². The molecular formula is C51H31N3OS. The highest BCUT2D eigenvalue weighted by atomic mass is 32.1. The molecule has 0 fully saturated rings. The fourth-order valence-electron chi connectivity index (χ4n) is 7.94. The van der Waals surface area contributed by atoms with Crippen molar-refractivity contribution < 1.29 is 4.42 Å². The Bertz CT molecular complexity index is 3270. The maximum absolute atomic E-state index is 6.23. The molecule has 0 aliphatic carbocycles. The molecule has 0 bridgehead atoms. The normalized spacial score (nSPS) is 11.6. The molecule has 4 nitrogen and oxygen atoms in total. The zero-order chi connectivity index (χ0) is 37.0. The van der Waals surface area contributed by atoms with Gasteiger partial charge in [-0.25, -0.2) is 15.0 Å². The third kappa shape index (κ3) is 5.48. The van der Waals surface area contributed by atoms with Crippen LogP contribution in [0.15, 0.2) is 192 Å². The molecule has 0 spiro atoms. The van der Waals surface area contributed by atoms with Crippen LogP contribution in [-0.4, -0.2) is 15.0 Å². The van der Waals surface area contributed by atoms with Crippen LogP contribution in [0.4, 0.5) is 0 Å². The van der Waals surface area contributed by atoms with E-state index in [1.165, 1.54) is 20.2 Å². The monoisotopic (exact) mass is 733 g/mol. The van der Waals surface area contributed by atoms with Gasteiger partial charge >= 0.3 is 0 Å². The predicted octanol–water partition coefficient (Wildman–Crippen LogP) is 14.1. The lowest BCUT2D eigenvalue weighted by molar-refractivity contribution is 0.669. The number of hydrogen-bond donors (Lipinski definition) is 0. The van der Waals surface area contributed by atoms with E-state index in [4.69, 9.17) is 19.4 Å². The van der Waals surface area contributed by atoms with Gasteiger partial charge in [-0.2, -0.15) is 0 Å². The minimum Gasteiger partial charge on any atom is -0.456 e. The summed E-state index contributed by atoms with van der Waals surface area (Å²) in [6.45, 7) is 0. The fourth-order valence-corrected chi connectivity index (χ4v) is 9.15. The van der Waals surface area contributed by atoms with Crippen LogP contribution in [0.25, 0.3) is 110 Å². The number of thiophene rings is 1. The van der Waals surface area contributed by atoms with Gasteiger partial charge in [0.15, 0.2) is 17.5 Å². The molecule has 56 heavy (non-hydrogen) atoms. The molecule has 3 aromatic heterocycles. The number of nitrogens with zero attached hydrogens (tertiary/aromatic N) is 3. The van der Waals surface area contributed by atoms with Crippen LogP contribution in [-0.2, 0) is 0 Å². The molecule has 0 aliphatic heterocycles. The van der Waals surface area contributed by atoms with Crippen molar-refractivity contribution in [2.75, 3.05) is 0 Å². The van der Waals surface area contributed by atoms with E-state index in [9.17, 15) is 0 Å². The minimum absolute atomic E-state index is 0.624. The molecule has 0 N–H and O–H groups in total. The average molecular weight is 734 g/mol. The van der Waals surface area contributed by atoms with E-state index in [0.29, 0.717) is 17.5 Å². The Morgan fingerprint density at radius 1 is 0.339 bits per heavy atom. The van der Waals surface area contributed by atoms with E-state index >= 15 is 0 Å². The van der Waals surface area contributed by atoms with Gasteiger partial charge in [0.1, 0.15) is 11.2 Å². The Balaban J connectivity index is 1.08. The Hall–Kier alpha value is -7.21. The number of fused-ring (bicyclic) bond motifs is 6. The highest BCUT2D eigenvalue weighted by Gasteiger charge is 2.19. The van der Waals surface area contributed by atoms with Crippen molar-refractivity contribution >= 4 is 53.4 Å². The second kappa shape index (κ2) is 13.3. The molecule has 0 aliphatic rings. The van der Waals surface area contributed by atoms with E-state index in [1.54, 1.807) is 11.3 Å². The Morgan fingerprint density at radius 2 is 0.875 bits per heavy atom. The van der Waals surface area contributed by atoms with Gasteiger partial charge in [0.2, 0.25) is 0 Å². The van der Waals surface area contributed by atoms with E-state index in [0.717, 1.165) is 72.0 Å². The molecular weight excluding hydrogens is 703 g/mol. The number of para-hydroxylation sites is 1. The van der Waals surface area contributed by atoms with Crippen LogP contribution in [0.3, 0.4) is 0 Å². The topological polar surface area (TPSA) is 51.8 Å². The van der Waals surface area contributed by atoms with Crippen LogP contribution >= 0.6 is 11.3 Å². The van der Waals surface area contributed by atoms with Gasteiger partial charge in [-0.1, -0.05) is 152 Å². The van der Waals surface area contributed by atoms with E-state index in [2.05, 4.69) is 164 Å². The van der Waals surface area contributed by atoms with E-state index < -0.39 is 0 Å². The molecule has 0 saturated carbocycles. The summed E-state index contributed by atoms with van der Waals surface area (Å²) in [5.74, 6) is 1.91. The first-order valence-corrected chi connectivity index (χ1v) is 19.5. The van der Waals surface area contributed by atoms with Crippen LogP contribution in [0.1, 0.15) is 0 Å². The van der Waals surface area contributed by atoms with Crippen molar-refractivity contribution in [1.29, 1.82) is 0 Å². The van der Waals surface area contributed by atoms with Crippen LogP contribution in [0.2, 0.25) is 0 Å². The fraction of sp³-hybridized carbons (Fsp3) is 0. The van der Waals surface area contributed by atoms with Gasteiger partial charge < -0.3 is 4.42 Å². The summed E-state index contributed by atoms with van der Waals surface area (Å²) in [7, 11) is 0. The second-order valence-corrected chi connectivity index (χ2v) is 15.0. The summed E-state index contributed by atoms with van der Waals surface area (Å²) >= 11 is 1.78. The smallest absolute Gasteiger partial charge is 0.165 e. The molecule has 5 heteroatoms. The van der Waals surface area contributed by atoms with Gasteiger partial charge in [0.25, 0.3) is 0 Å². The van der Waals surface area contributed by atoms with Crippen molar-refractivity contribution in [3.63, 3.8) is 0 Å². The molecule has 0 radical (unpaired) electrons. The summed E-state index contributed by atoms with van der Waals surface area (Å²) in [4.78, 5) is 15.7. The van der Waals surface area contributed by atoms with Gasteiger partial charge in [-0.3, -0.25) is 0 Å². The first-order chi connectivity index (χ1) is 27.7. The zero-order valence-corrected chi connectivity index (χ0v) is 30.9. The number of aromatic nitrogens is 3. The Labute approximate surface area is 327 Å². The lowest BCUT2D eigenvalue weighted by Gasteiger charge is -2.13. The number of hydrogen-bond acceptors (Lipinski definition) is 5. The SMILES string of the molecule is c1ccc(-c2ccccc2-c2nc(-c3cccc(-c4cccc(-c5cccc6oc7ccccc7c56)c4)c3)nc(-c3cccc4c3sc3ccccc34)n2)cc1. The van der Waals surface area contributed by atoms with Crippen molar-refractivity contribution in [2.24, 2.45) is 0 Å². The quantitative estimate of drug-likeness (QED) is 0.171. The summed E-state index contributed by atoms with van der Waals surface area (Å²) in [5.41, 5.74) is 11.3. The third-order valence-electron chi connectivity index (χ3n) is 10.6. The first kappa shape index (κ1) is 32.2. The standard InChI is InChI=1S/C51H31N3OS/c1-2-14-32(15-3-1)37-20-4-5-22-41(37)50-52-49(53-51(54-50)43-26-12-25-40-39-21-7-9-29-46(39)56-48(40)43)36-19-11-17-34(31-36)33-16-10-18-35(30-33)38-24-13-28-45-47(38)42-23-6-8-27-44(42)55-45/h1-31H. The van der Waals surface area contributed by atoms with E-state index in [-0.39, 0.29) is 0 Å². The second-order valence-electron chi connectivity index (χ2n) is 13.9. The molecule has 0 unspecified atom stereocenters. The molecule has 0 saturated heterocycles. The molecule has 11 rings (SSSR count). The molecule has 0 atom stereocenters. The highest BCUT2D eigenvalue weighted by Crippen LogP contribution is 2.41. The number of rotatable bonds is 6. The molecule has 11 aromatic rings. The molecule has 0 amide bonds. The molecule has 8 aromatic carbocycles. The Morgan fingerprint density at radius 3 is 1.73 bits per heavy atom. The van der Waals surface area contributed by atoms with Crippen molar-refractivity contribution in [3.8, 4) is 67.5 Å². The van der Waals surface area contributed by atoms with Crippen molar-refractivity contribution in [3.05, 3.63) is 188 Å². The summed E-state index contributed by atoms with van der Waals surface area (Å²) in [5, 5.41) is 4.69. The maximum atomic E-state index is 6.23. The van der Waals surface area contributed by atoms with Crippen molar-refractivity contribution in [1.82, 2.24) is 15.0 Å². The zero-order valence-electron chi connectivity index (χ0n) is 30.1. The number of benzene rings is 8. The van der Waals surface area contributed by atoms with Crippen LogP contribution < -0.4 is 0 Å². The predicted molar refractivity (Wildman–Crippen MR) is 233 cm³/mol. The lowest BCUT2D eigenvalue weighted by atomic mass is 9.95. The molecule has 262 valence electrons. The highest BCUT2D eigenvalue weighted by molar-refractivity contribution is 7.26. The van der Waals surface area contributed by atoms with Gasteiger partial charge in [0, 0.05) is 47.6 Å². The van der Waals surface area contributed by atoms with E-state index in [1.807, 2.05) is 24.3 Å². The average Bonchev–Trinajstić information content (AvgIpc) is 3.85. The van der Waals surface area contributed by atoms with Crippen LogP contribution in [0.5, 0.6) is 0 Å². The van der Waals surface area contributed by atoms with Gasteiger partial charge in [-0.15, -0.1) is 11.3 Å². The summed E-state index contributed by atoms with van der Waals surface area (Å²) < 4.78 is 8.64. The largest absolute Gasteiger partial charge is 0.456 e. The summed E-state index contributed by atoms with van der Waals surface area (Å²) in [6, 6.07) is 65.6. The van der Waals surface area contributed by atoms with Gasteiger partial charge in [0.05, 0.1) is 0 Å². The minimum atomic E-state index is 0.624. The first-order valence-electron chi connectivity index (χ1n) is 18.7. The summed E-state index contributed by atoms with van der Waals surface area (Å²) in [6.07, 6.45) is 0.